The van der Waals surface area contributed by atoms with Gasteiger partial charge in [-0.15, -0.1) is 0 Å². The third-order valence-electron chi connectivity index (χ3n) is 5.43. The highest BCUT2D eigenvalue weighted by Gasteiger charge is 2.35. The molecule has 0 aromatic heterocycles. The van der Waals surface area contributed by atoms with E-state index in [1.165, 1.54) is 0 Å². The summed E-state index contributed by atoms with van der Waals surface area (Å²) in [5.41, 5.74) is 2.74. The van der Waals surface area contributed by atoms with Crippen molar-refractivity contribution in [2.24, 2.45) is 0 Å². The standard InChI is InChI=1S/C25H33NO4S/c1-24(2,3)21-15-19(16-22(23(21)27)25(4,5)6)14-20-12-13-26(31(20,28)29)30-17-18-10-8-7-9-11-18/h7-11,14-16,27H,12-13,17H2,1-6H3. The Morgan fingerprint density at radius 1 is 1.00 bits per heavy atom. The van der Waals surface area contributed by atoms with Crippen LogP contribution in [0.25, 0.3) is 6.08 Å². The molecule has 0 radical (unpaired) electrons. The molecule has 0 saturated carbocycles. The molecule has 1 aliphatic heterocycles. The second-order valence-corrected chi connectivity index (χ2v) is 12.0. The minimum Gasteiger partial charge on any atom is -0.507 e. The van der Waals surface area contributed by atoms with Crippen molar-refractivity contribution in [1.29, 1.82) is 0 Å². The van der Waals surface area contributed by atoms with E-state index in [1.807, 2.05) is 84.0 Å². The maximum absolute atomic E-state index is 13.0. The Bertz CT molecular complexity index is 1040. The molecule has 1 saturated heterocycles. The molecule has 0 bridgehead atoms. The van der Waals surface area contributed by atoms with Crippen molar-refractivity contribution in [3.05, 3.63) is 69.6 Å². The minimum atomic E-state index is -3.69. The van der Waals surface area contributed by atoms with Crippen molar-refractivity contribution >= 4 is 16.1 Å². The van der Waals surface area contributed by atoms with Crippen LogP contribution in [-0.4, -0.2) is 24.5 Å². The number of hydrogen-bond donors (Lipinski definition) is 1. The number of hydroxylamine groups is 1. The van der Waals surface area contributed by atoms with Crippen molar-refractivity contribution in [3.63, 3.8) is 0 Å². The van der Waals surface area contributed by atoms with Crippen molar-refractivity contribution in [1.82, 2.24) is 4.47 Å². The van der Waals surface area contributed by atoms with Crippen LogP contribution in [0, 0.1) is 0 Å². The van der Waals surface area contributed by atoms with Gasteiger partial charge < -0.3 is 5.11 Å². The van der Waals surface area contributed by atoms with Crippen LogP contribution in [0.1, 0.15) is 70.2 Å². The summed E-state index contributed by atoms with van der Waals surface area (Å²) >= 11 is 0. The fourth-order valence-corrected chi connectivity index (χ4v) is 5.07. The van der Waals surface area contributed by atoms with Gasteiger partial charge in [-0.05, 0) is 40.2 Å². The summed E-state index contributed by atoms with van der Waals surface area (Å²) in [4.78, 5) is 5.94. The molecule has 1 aliphatic rings. The van der Waals surface area contributed by atoms with Crippen LogP contribution in [-0.2, 0) is 32.3 Å². The highest BCUT2D eigenvalue weighted by atomic mass is 32.2. The van der Waals surface area contributed by atoms with E-state index in [-0.39, 0.29) is 29.7 Å². The lowest BCUT2D eigenvalue weighted by Gasteiger charge is -2.28. The van der Waals surface area contributed by atoms with E-state index < -0.39 is 10.0 Å². The molecular weight excluding hydrogens is 410 g/mol. The summed E-state index contributed by atoms with van der Waals surface area (Å²) < 4.78 is 27.1. The Balaban J connectivity index is 1.94. The highest BCUT2D eigenvalue weighted by molar-refractivity contribution is 7.93. The zero-order valence-electron chi connectivity index (χ0n) is 19.3. The van der Waals surface area contributed by atoms with Gasteiger partial charge in [-0.25, -0.2) is 8.42 Å². The van der Waals surface area contributed by atoms with Crippen LogP contribution in [0.2, 0.25) is 0 Å². The molecule has 31 heavy (non-hydrogen) atoms. The van der Waals surface area contributed by atoms with Gasteiger partial charge in [0.2, 0.25) is 0 Å². The van der Waals surface area contributed by atoms with Crippen molar-refractivity contribution in [3.8, 4) is 5.75 Å². The van der Waals surface area contributed by atoms with E-state index in [1.54, 1.807) is 6.08 Å². The first-order valence-electron chi connectivity index (χ1n) is 10.6. The van der Waals surface area contributed by atoms with Crippen LogP contribution < -0.4 is 0 Å². The normalized spacial score (nSPS) is 18.6. The summed E-state index contributed by atoms with van der Waals surface area (Å²) in [6.07, 6.45) is 2.10. The first-order valence-corrected chi connectivity index (χ1v) is 12.0. The maximum atomic E-state index is 13.0. The second-order valence-electron chi connectivity index (χ2n) is 10.1. The number of hydrogen-bond acceptors (Lipinski definition) is 4. The van der Waals surface area contributed by atoms with Gasteiger partial charge in [0.25, 0.3) is 10.0 Å². The smallest absolute Gasteiger partial charge is 0.261 e. The average molecular weight is 444 g/mol. The molecule has 0 aliphatic carbocycles. The number of sulfonamides is 1. The van der Waals surface area contributed by atoms with Crippen LogP contribution >= 0.6 is 0 Å². The molecule has 2 aromatic rings. The van der Waals surface area contributed by atoms with Crippen molar-refractivity contribution in [2.75, 3.05) is 6.54 Å². The molecule has 6 heteroatoms. The quantitative estimate of drug-likeness (QED) is 0.678. The van der Waals surface area contributed by atoms with Gasteiger partial charge in [-0.3, -0.25) is 4.84 Å². The number of rotatable bonds is 4. The van der Waals surface area contributed by atoms with Gasteiger partial charge in [0, 0.05) is 24.1 Å². The van der Waals surface area contributed by atoms with E-state index in [4.69, 9.17) is 4.84 Å². The van der Waals surface area contributed by atoms with E-state index in [2.05, 4.69) is 0 Å². The first kappa shape index (κ1) is 23.5. The van der Waals surface area contributed by atoms with Crippen LogP contribution in [0.15, 0.2) is 47.4 Å². The highest BCUT2D eigenvalue weighted by Crippen LogP contribution is 2.40. The van der Waals surface area contributed by atoms with Gasteiger partial charge >= 0.3 is 0 Å². The Kier molecular flexibility index (Phi) is 6.38. The molecule has 0 amide bonds. The minimum absolute atomic E-state index is 0.203. The molecule has 0 atom stereocenters. The lowest BCUT2D eigenvalue weighted by atomic mass is 9.78. The molecule has 0 unspecified atom stereocenters. The Morgan fingerprint density at radius 2 is 1.55 bits per heavy atom. The fraction of sp³-hybridized carbons (Fsp3) is 0.440. The third-order valence-corrected chi connectivity index (χ3v) is 7.24. The summed E-state index contributed by atoms with van der Waals surface area (Å²) in [7, 11) is -3.69. The number of aromatic hydroxyl groups is 1. The van der Waals surface area contributed by atoms with Gasteiger partial charge in [-0.2, -0.15) is 0 Å². The van der Waals surface area contributed by atoms with Crippen LogP contribution in [0.4, 0.5) is 0 Å². The molecule has 2 aromatic carbocycles. The van der Waals surface area contributed by atoms with E-state index in [0.29, 0.717) is 11.3 Å². The van der Waals surface area contributed by atoms with Crippen LogP contribution in [0.5, 0.6) is 5.75 Å². The number of benzene rings is 2. The Morgan fingerprint density at radius 3 is 2.06 bits per heavy atom. The van der Waals surface area contributed by atoms with E-state index in [9.17, 15) is 13.5 Å². The van der Waals surface area contributed by atoms with Gasteiger partial charge in [-0.1, -0.05) is 76.3 Å². The molecule has 168 valence electrons. The lowest BCUT2D eigenvalue weighted by molar-refractivity contribution is -0.0894. The zero-order chi connectivity index (χ0) is 23.0. The fourth-order valence-electron chi connectivity index (χ4n) is 3.65. The summed E-state index contributed by atoms with van der Waals surface area (Å²) in [5, 5.41) is 10.9. The Hall–Kier alpha value is -2.15. The van der Waals surface area contributed by atoms with Crippen LogP contribution in [0.3, 0.4) is 0 Å². The number of phenols is 1. The lowest BCUT2D eigenvalue weighted by Crippen LogP contribution is -2.25. The average Bonchev–Trinajstić information content (AvgIpc) is 2.94. The monoisotopic (exact) mass is 443 g/mol. The van der Waals surface area contributed by atoms with Crippen molar-refractivity contribution in [2.45, 2.75) is 65.4 Å². The predicted molar refractivity (Wildman–Crippen MR) is 125 cm³/mol. The SMILES string of the molecule is CC(C)(C)c1cc(C=C2CCN(OCc3ccccc3)S2(=O)=O)cc(C(C)(C)C)c1O. The molecular formula is C25H33NO4S. The van der Waals surface area contributed by atoms with Gasteiger partial charge in [0.15, 0.2) is 0 Å². The first-order chi connectivity index (χ1) is 14.3. The molecule has 5 nitrogen and oxygen atoms in total. The van der Waals surface area contributed by atoms with E-state index in [0.717, 1.165) is 26.7 Å². The molecule has 1 fully saturated rings. The second kappa shape index (κ2) is 8.41. The summed E-state index contributed by atoms with van der Waals surface area (Å²) in [5.74, 6) is 0.282. The predicted octanol–water partition coefficient (Wildman–Crippen LogP) is 5.50. The third kappa shape index (κ3) is 5.20. The largest absolute Gasteiger partial charge is 0.507 e. The van der Waals surface area contributed by atoms with Crippen molar-refractivity contribution < 1.29 is 18.4 Å². The van der Waals surface area contributed by atoms with E-state index >= 15 is 0 Å². The molecule has 0 spiro atoms. The van der Waals surface area contributed by atoms with Gasteiger partial charge in [0.05, 0.1) is 11.5 Å². The summed E-state index contributed by atoms with van der Waals surface area (Å²) in [6.45, 7) is 12.7. The van der Waals surface area contributed by atoms with Gasteiger partial charge in [0.1, 0.15) is 5.75 Å². The molecule has 1 heterocycles. The molecule has 1 N–H and O–H groups in total. The number of phenolic OH excluding ortho intramolecular Hbond substituents is 1. The number of nitrogens with zero attached hydrogens (tertiary/aromatic N) is 1. The topological polar surface area (TPSA) is 66.8 Å². The maximum Gasteiger partial charge on any atom is 0.261 e. The molecule has 3 rings (SSSR count). The Labute approximate surface area is 186 Å². The zero-order valence-corrected chi connectivity index (χ0v) is 20.1. The summed E-state index contributed by atoms with van der Waals surface area (Å²) in [6, 6.07) is 13.3.